The van der Waals surface area contributed by atoms with Crippen LogP contribution in [0.3, 0.4) is 0 Å². The summed E-state index contributed by atoms with van der Waals surface area (Å²) in [6, 6.07) is 24.0. The monoisotopic (exact) mass is 1230 g/mol. The van der Waals surface area contributed by atoms with Crippen LogP contribution in [0.25, 0.3) is 22.0 Å². The van der Waals surface area contributed by atoms with Crippen molar-refractivity contribution >= 4 is 86.7 Å². The fourth-order valence-electron chi connectivity index (χ4n) is 9.69. The number of hydrogen-bond donors (Lipinski definition) is 11. The number of aromatic hydroxyl groups is 1. The fraction of sp³-hybridized carbons (Fsp3) is 0.462. The van der Waals surface area contributed by atoms with Crippen molar-refractivity contribution in [2.75, 3.05) is 31.6 Å². The maximum absolute atomic E-state index is 14.5. The number of carbonyl (C=O) groups is 9. The van der Waals surface area contributed by atoms with E-state index in [0.29, 0.717) is 35.0 Å². The van der Waals surface area contributed by atoms with Crippen LogP contribution < -0.4 is 48.7 Å². The molecule has 4 bridgehead atoms. The molecule has 3 aliphatic heterocycles. The molecule has 1 aromatic heterocycles. The molecule has 0 fully saturated rings. The Morgan fingerprint density at radius 1 is 0.678 bits per heavy atom. The van der Waals surface area contributed by atoms with Gasteiger partial charge in [0.2, 0.25) is 11.8 Å². The van der Waals surface area contributed by atoms with Crippen LogP contribution in [0.5, 0.6) is 5.75 Å². The number of Topliss-reactive ketones (excluding diaryl/α,β-unsaturated/α-hetero) is 7. The first-order valence-corrected chi connectivity index (χ1v) is 31.8. The molecule has 0 spiro atoms. The Balaban J connectivity index is 1.26. The number of carbonyl (C=O) groups excluding carboxylic acids is 9. The number of nitrogens with one attached hydrogen (secondary N) is 9. The van der Waals surface area contributed by atoms with Crippen molar-refractivity contribution in [3.63, 3.8) is 0 Å². The maximum Gasteiger partial charge on any atom is 0.239 e. The van der Waals surface area contributed by atoms with Crippen LogP contribution in [0, 0.1) is 5.92 Å². The van der Waals surface area contributed by atoms with E-state index in [-0.39, 0.29) is 61.9 Å². The second-order valence-electron chi connectivity index (χ2n) is 23.5. The molecule has 8 rings (SSSR count). The molecule has 5 aromatic rings. The highest BCUT2D eigenvalue weighted by Crippen LogP contribution is 2.27. The summed E-state index contributed by atoms with van der Waals surface area (Å²) in [5.74, 6) is -2.20. The molecule has 3 aliphatic rings. The summed E-state index contributed by atoms with van der Waals surface area (Å²) in [5.41, 5.74) is 22.1. The van der Waals surface area contributed by atoms with Crippen LogP contribution in [-0.2, 0) is 67.5 Å². The largest absolute Gasteiger partial charge is 0.508 e. The zero-order valence-corrected chi connectivity index (χ0v) is 52.7. The predicted octanol–water partition coefficient (Wildman–Crippen LogP) is 5.07. The quantitative estimate of drug-likeness (QED) is 0.0769. The van der Waals surface area contributed by atoms with Gasteiger partial charge in [-0.1, -0.05) is 92.7 Å². The minimum Gasteiger partial charge on any atom is -0.508 e. The number of hydrazine groups is 2. The number of primary amides is 1. The van der Waals surface area contributed by atoms with Gasteiger partial charge in [-0.2, -0.15) is 23.5 Å². The molecule has 468 valence electrons. The van der Waals surface area contributed by atoms with Crippen molar-refractivity contribution in [2.24, 2.45) is 11.7 Å². The molecule has 12 N–H and O–H groups in total. The zero-order valence-electron chi connectivity index (χ0n) is 51.1. The van der Waals surface area contributed by atoms with E-state index in [4.69, 9.17) is 5.73 Å². The van der Waals surface area contributed by atoms with E-state index >= 15 is 0 Å². The van der Waals surface area contributed by atoms with Gasteiger partial charge in [-0.25, -0.2) is 21.7 Å². The summed E-state index contributed by atoms with van der Waals surface area (Å²) >= 11 is 3.11. The molecule has 8 atom stereocenters. The van der Waals surface area contributed by atoms with Gasteiger partial charge in [0.15, 0.2) is 40.5 Å². The first-order chi connectivity index (χ1) is 41.4. The van der Waals surface area contributed by atoms with Crippen molar-refractivity contribution < 1.29 is 48.3 Å². The van der Waals surface area contributed by atoms with Gasteiger partial charge in [0.1, 0.15) is 11.8 Å². The standard InChI is InChI=1S/C65H86N10O10S2/c1-39(2)27-55-63(85)71-52(25-26-62(66)84)59(81)33-68-40(3)56(78)30-58(80)54(29-48-32-70-51-12-10-9-11-50(48)51)73-72-53(28-43-17-23-49(77)24-18-43)60(82)34-69-41(4)57(79)31-61(83)65(7,67-8)38-87-36-45-15-21-47(22-16-45)46-19-13-44(14-20-46)35-86-37-64(6,42(5)76)75-74-55/h9-24,32,39-41,52-55,67-70,72-75,77H,25-31,33-38H2,1-8H3,(H2,66,84)(H,71,85)/t40-,41-,52-,53-,54-,55-,64-,65+/m0/s1. The van der Waals surface area contributed by atoms with Gasteiger partial charge in [0.25, 0.3) is 0 Å². The number of para-hydroxylation sites is 1. The zero-order chi connectivity index (χ0) is 63.4. The molecule has 0 aliphatic carbocycles. The van der Waals surface area contributed by atoms with Gasteiger partial charge in [0, 0.05) is 46.5 Å². The predicted molar refractivity (Wildman–Crippen MR) is 342 cm³/mol. The number of thioether (sulfide) groups is 2. The number of phenols is 1. The number of rotatable bonds is 11. The number of aromatic amines is 1. The van der Waals surface area contributed by atoms with Crippen LogP contribution in [0.4, 0.5) is 0 Å². The van der Waals surface area contributed by atoms with Gasteiger partial charge in [-0.3, -0.25) is 43.2 Å². The third-order valence-electron chi connectivity index (χ3n) is 15.9. The highest BCUT2D eigenvalue weighted by Gasteiger charge is 2.36. The Morgan fingerprint density at radius 2 is 1.23 bits per heavy atom. The van der Waals surface area contributed by atoms with Crippen LogP contribution in [0.1, 0.15) is 103 Å². The van der Waals surface area contributed by atoms with Crippen LogP contribution in [0.2, 0.25) is 0 Å². The summed E-state index contributed by atoms with van der Waals surface area (Å²) in [5, 5.41) is 22.7. The topological polar surface area (TPSA) is 312 Å². The van der Waals surface area contributed by atoms with E-state index in [9.17, 15) is 48.3 Å². The molecule has 87 heavy (non-hydrogen) atoms. The molecule has 0 radical (unpaired) electrons. The van der Waals surface area contributed by atoms with E-state index in [1.165, 1.54) is 26.0 Å². The Labute approximate surface area is 518 Å². The molecule has 0 saturated carbocycles. The number of benzene rings is 4. The molecule has 2 amide bonds. The minimum absolute atomic E-state index is 0.00715. The third kappa shape index (κ3) is 21.0. The van der Waals surface area contributed by atoms with Crippen LogP contribution in [0.15, 0.2) is 103 Å². The number of hydrogen-bond acceptors (Lipinski definition) is 19. The number of phenolic OH excluding ortho intramolecular Hbond substituents is 1. The van der Waals surface area contributed by atoms with Crippen molar-refractivity contribution in [2.45, 2.75) is 152 Å². The summed E-state index contributed by atoms with van der Waals surface area (Å²) < 4.78 is 0. The number of nitrogens with two attached hydrogens (primary N) is 1. The highest BCUT2D eigenvalue weighted by atomic mass is 32.2. The lowest BCUT2D eigenvalue weighted by atomic mass is 9.93. The Kier molecular flexibility index (Phi) is 26.3. The van der Waals surface area contributed by atoms with E-state index in [0.717, 1.165) is 38.7 Å². The SMILES string of the molecule is CN[C@]1(C)CSCc2ccc(cc2)-c2ccc(cc2)CSC[C@@](C)(C(C)=O)NN[C@@H](CC(C)C)C(=O)N[C@@H](CCC(N)=O)C(=O)CN[C@@H](C)C(=O)CC(=O)[C@H](Cc2c[nH]c3ccccc23)NN[C@@H](Cc2ccc(O)cc2)C(=O)CN[C@@H](C)C(=O)CC1=O. The second-order valence-corrected chi connectivity index (χ2v) is 25.5. The number of amides is 2. The molecule has 0 saturated heterocycles. The number of ketones is 7. The lowest BCUT2D eigenvalue weighted by molar-refractivity contribution is -0.132. The number of H-pyrrole nitrogens is 1. The van der Waals surface area contributed by atoms with Gasteiger partial charge in [-0.05, 0) is 125 Å². The lowest BCUT2D eigenvalue weighted by Crippen LogP contribution is -2.62. The summed E-state index contributed by atoms with van der Waals surface area (Å²) in [6.45, 7) is 11.2. The van der Waals surface area contributed by atoms with E-state index in [2.05, 4.69) is 60.1 Å². The highest BCUT2D eigenvalue weighted by molar-refractivity contribution is 7.98. The van der Waals surface area contributed by atoms with Crippen LogP contribution >= 0.6 is 23.5 Å². The minimum atomic E-state index is -1.21. The van der Waals surface area contributed by atoms with E-state index < -0.39 is 101 Å². The van der Waals surface area contributed by atoms with Gasteiger partial charge in [0.05, 0.1) is 67.2 Å². The Bertz CT molecular complexity index is 3190. The van der Waals surface area contributed by atoms with Gasteiger partial charge >= 0.3 is 0 Å². The molecule has 4 aromatic carbocycles. The van der Waals surface area contributed by atoms with Crippen LogP contribution in [-0.4, -0.2) is 141 Å². The Hall–Kier alpha value is -6.73. The third-order valence-corrected chi connectivity index (χ3v) is 18.6. The average Bonchev–Trinajstić information content (AvgIpc) is 3.73. The maximum atomic E-state index is 14.5. The molecule has 4 heterocycles. The van der Waals surface area contributed by atoms with E-state index in [1.54, 1.807) is 69.7 Å². The summed E-state index contributed by atoms with van der Waals surface area (Å²) in [7, 11) is 1.69. The fourth-order valence-corrected chi connectivity index (χ4v) is 12.1. The van der Waals surface area contributed by atoms with Crippen molar-refractivity contribution in [1.82, 2.24) is 48.0 Å². The first-order valence-electron chi connectivity index (χ1n) is 29.5. The average molecular weight is 1230 g/mol. The Morgan fingerprint density at radius 3 is 1.79 bits per heavy atom. The number of aromatic nitrogens is 1. The molecular formula is C65H86N10O10S2. The summed E-state index contributed by atoms with van der Waals surface area (Å²) in [6.07, 6.45) is 0.883. The summed E-state index contributed by atoms with van der Waals surface area (Å²) in [4.78, 5) is 127. The normalized spacial score (nSPS) is 25.0. The number of likely N-dealkylation sites (N-methyl/N-ethyl adjacent to an activating group) is 1. The van der Waals surface area contributed by atoms with Gasteiger partial charge in [-0.15, -0.1) is 0 Å². The van der Waals surface area contributed by atoms with Crippen molar-refractivity contribution in [1.29, 1.82) is 0 Å². The molecule has 0 unspecified atom stereocenters. The van der Waals surface area contributed by atoms with Crippen molar-refractivity contribution in [3.8, 4) is 16.9 Å². The second kappa shape index (κ2) is 33.0. The molecular weight excluding hydrogens is 1140 g/mol. The smallest absolute Gasteiger partial charge is 0.239 e. The molecule has 22 heteroatoms. The number of fused-ring (bicyclic) bond motifs is 3. The first kappa shape index (κ1) is 69.4. The lowest BCUT2D eigenvalue weighted by Gasteiger charge is -2.32. The van der Waals surface area contributed by atoms with Crippen molar-refractivity contribution in [3.05, 3.63) is 126 Å². The van der Waals surface area contributed by atoms with E-state index in [1.807, 2.05) is 74.5 Å². The molecule has 20 nitrogen and oxygen atoms in total. The van der Waals surface area contributed by atoms with Gasteiger partial charge < -0.3 is 37.1 Å².